The van der Waals surface area contributed by atoms with Crippen molar-refractivity contribution in [1.82, 2.24) is 15.1 Å². The minimum Gasteiger partial charge on any atom is -0.311 e. The van der Waals surface area contributed by atoms with Crippen LogP contribution >= 0.6 is 0 Å². The number of rotatable bonds is 10. The molecule has 0 radical (unpaired) electrons. The SMILES string of the molecule is CCCCCCCCNCc1ccn(-c2ccccc2)n1. The fourth-order valence-electron chi connectivity index (χ4n) is 2.43. The molecule has 0 saturated carbocycles. The molecule has 0 fully saturated rings. The highest BCUT2D eigenvalue weighted by atomic mass is 15.3. The second-order valence-electron chi connectivity index (χ2n) is 5.53. The van der Waals surface area contributed by atoms with Crippen LogP contribution in [-0.4, -0.2) is 16.3 Å². The van der Waals surface area contributed by atoms with Crippen LogP contribution in [0.2, 0.25) is 0 Å². The predicted octanol–water partition coefficient (Wildman–Crippen LogP) is 4.32. The molecule has 0 amide bonds. The Balaban J connectivity index is 1.63. The van der Waals surface area contributed by atoms with Crippen LogP contribution in [0, 0.1) is 0 Å². The maximum atomic E-state index is 4.59. The first kappa shape index (κ1) is 15.8. The van der Waals surface area contributed by atoms with Gasteiger partial charge in [0.25, 0.3) is 0 Å². The Morgan fingerprint density at radius 1 is 0.952 bits per heavy atom. The smallest absolute Gasteiger partial charge is 0.0766 e. The standard InChI is InChI=1S/C18H27N3/c1-2-3-4-5-6-10-14-19-16-17-13-15-21(20-17)18-11-8-7-9-12-18/h7-9,11-13,15,19H,2-6,10,14,16H2,1H3. The van der Waals surface area contributed by atoms with Gasteiger partial charge in [-0.25, -0.2) is 4.68 Å². The van der Waals surface area contributed by atoms with Crippen molar-refractivity contribution in [2.24, 2.45) is 0 Å². The van der Waals surface area contributed by atoms with Crippen LogP contribution < -0.4 is 5.32 Å². The van der Waals surface area contributed by atoms with Gasteiger partial charge in [0.05, 0.1) is 11.4 Å². The third-order valence-corrected chi connectivity index (χ3v) is 3.68. The van der Waals surface area contributed by atoms with E-state index in [0.29, 0.717) is 0 Å². The Morgan fingerprint density at radius 2 is 1.71 bits per heavy atom. The van der Waals surface area contributed by atoms with E-state index in [2.05, 4.69) is 35.5 Å². The zero-order valence-corrected chi connectivity index (χ0v) is 13.1. The lowest BCUT2D eigenvalue weighted by Crippen LogP contribution is -2.15. The second kappa shape index (κ2) is 9.35. The van der Waals surface area contributed by atoms with Gasteiger partial charge in [-0.05, 0) is 31.2 Å². The van der Waals surface area contributed by atoms with Crippen molar-refractivity contribution in [2.75, 3.05) is 6.54 Å². The highest BCUT2D eigenvalue weighted by molar-refractivity contribution is 5.30. The first-order chi connectivity index (χ1) is 10.4. The van der Waals surface area contributed by atoms with E-state index >= 15 is 0 Å². The van der Waals surface area contributed by atoms with Crippen LogP contribution in [0.15, 0.2) is 42.6 Å². The highest BCUT2D eigenvalue weighted by Gasteiger charge is 2.00. The lowest BCUT2D eigenvalue weighted by molar-refractivity contribution is 0.568. The fraction of sp³-hybridized carbons (Fsp3) is 0.500. The minimum absolute atomic E-state index is 0.856. The topological polar surface area (TPSA) is 29.9 Å². The van der Waals surface area contributed by atoms with Crippen molar-refractivity contribution in [2.45, 2.75) is 52.0 Å². The molecular formula is C18H27N3. The van der Waals surface area contributed by atoms with Crippen LogP contribution in [0.3, 0.4) is 0 Å². The Morgan fingerprint density at radius 3 is 2.52 bits per heavy atom. The van der Waals surface area contributed by atoms with Gasteiger partial charge in [0.1, 0.15) is 0 Å². The molecule has 3 heteroatoms. The Hall–Kier alpha value is -1.61. The van der Waals surface area contributed by atoms with Gasteiger partial charge in [-0.2, -0.15) is 5.10 Å². The molecule has 1 heterocycles. The number of nitrogens with one attached hydrogen (secondary N) is 1. The summed E-state index contributed by atoms with van der Waals surface area (Å²) in [5.74, 6) is 0. The Bertz CT molecular complexity index is 490. The second-order valence-corrected chi connectivity index (χ2v) is 5.53. The van der Waals surface area contributed by atoms with E-state index in [1.807, 2.05) is 29.1 Å². The third kappa shape index (κ3) is 5.72. The molecule has 114 valence electrons. The summed E-state index contributed by atoms with van der Waals surface area (Å²) in [6, 6.07) is 12.3. The van der Waals surface area contributed by atoms with Crippen molar-refractivity contribution in [3.63, 3.8) is 0 Å². The first-order valence-corrected chi connectivity index (χ1v) is 8.21. The lowest BCUT2D eigenvalue weighted by Gasteiger charge is -2.03. The van der Waals surface area contributed by atoms with Gasteiger partial charge in [0.2, 0.25) is 0 Å². The van der Waals surface area contributed by atoms with E-state index < -0.39 is 0 Å². The summed E-state index contributed by atoms with van der Waals surface area (Å²) in [7, 11) is 0. The molecule has 21 heavy (non-hydrogen) atoms. The van der Waals surface area contributed by atoms with Crippen molar-refractivity contribution >= 4 is 0 Å². The molecule has 1 N–H and O–H groups in total. The minimum atomic E-state index is 0.856. The maximum absolute atomic E-state index is 4.59. The van der Waals surface area contributed by atoms with Crippen LogP contribution in [0.5, 0.6) is 0 Å². The lowest BCUT2D eigenvalue weighted by atomic mass is 10.1. The molecular weight excluding hydrogens is 258 g/mol. The quantitative estimate of drug-likeness (QED) is 0.659. The van der Waals surface area contributed by atoms with Crippen LogP contribution in [0.25, 0.3) is 5.69 Å². The summed E-state index contributed by atoms with van der Waals surface area (Å²) in [4.78, 5) is 0. The summed E-state index contributed by atoms with van der Waals surface area (Å²) in [6.45, 7) is 4.20. The zero-order valence-electron chi connectivity index (χ0n) is 13.1. The van der Waals surface area contributed by atoms with Crippen LogP contribution in [0.1, 0.15) is 51.1 Å². The average Bonchev–Trinajstić information content (AvgIpc) is 3.00. The molecule has 0 aliphatic rings. The molecule has 2 rings (SSSR count). The number of para-hydroxylation sites is 1. The van der Waals surface area contributed by atoms with Crippen molar-refractivity contribution in [3.05, 3.63) is 48.3 Å². The van der Waals surface area contributed by atoms with E-state index in [9.17, 15) is 0 Å². The van der Waals surface area contributed by atoms with Gasteiger partial charge < -0.3 is 5.32 Å². The number of nitrogens with zero attached hydrogens (tertiary/aromatic N) is 2. The van der Waals surface area contributed by atoms with E-state index in [-0.39, 0.29) is 0 Å². The highest BCUT2D eigenvalue weighted by Crippen LogP contribution is 2.07. The summed E-state index contributed by atoms with van der Waals surface area (Å²) < 4.78 is 1.93. The number of benzene rings is 1. The number of hydrogen-bond donors (Lipinski definition) is 1. The number of unbranched alkanes of at least 4 members (excludes halogenated alkanes) is 5. The van der Waals surface area contributed by atoms with Gasteiger partial charge in [-0.15, -0.1) is 0 Å². The van der Waals surface area contributed by atoms with E-state index in [1.165, 1.54) is 38.5 Å². The van der Waals surface area contributed by atoms with E-state index in [0.717, 1.165) is 24.5 Å². The summed E-state index contributed by atoms with van der Waals surface area (Å²) in [5.41, 5.74) is 2.21. The van der Waals surface area contributed by atoms with Crippen LogP contribution in [0.4, 0.5) is 0 Å². The third-order valence-electron chi connectivity index (χ3n) is 3.68. The van der Waals surface area contributed by atoms with Crippen molar-refractivity contribution in [1.29, 1.82) is 0 Å². The molecule has 0 bridgehead atoms. The fourth-order valence-corrected chi connectivity index (χ4v) is 2.43. The van der Waals surface area contributed by atoms with Crippen molar-refractivity contribution < 1.29 is 0 Å². The summed E-state index contributed by atoms with van der Waals surface area (Å²) >= 11 is 0. The number of hydrogen-bond acceptors (Lipinski definition) is 2. The maximum Gasteiger partial charge on any atom is 0.0766 e. The predicted molar refractivity (Wildman–Crippen MR) is 88.6 cm³/mol. The van der Waals surface area contributed by atoms with Gasteiger partial charge in [0, 0.05) is 12.7 Å². The first-order valence-electron chi connectivity index (χ1n) is 8.21. The molecule has 2 aromatic rings. The molecule has 0 aliphatic heterocycles. The molecule has 0 unspecified atom stereocenters. The van der Waals surface area contributed by atoms with Gasteiger partial charge >= 0.3 is 0 Å². The summed E-state index contributed by atoms with van der Waals surface area (Å²) in [6.07, 6.45) is 10.1. The van der Waals surface area contributed by atoms with Crippen LogP contribution in [-0.2, 0) is 6.54 Å². The molecule has 1 aromatic heterocycles. The van der Waals surface area contributed by atoms with Crippen molar-refractivity contribution in [3.8, 4) is 5.69 Å². The van der Waals surface area contributed by atoms with Gasteiger partial charge in [-0.3, -0.25) is 0 Å². The Kier molecular flexibility index (Phi) is 7.02. The normalized spacial score (nSPS) is 10.9. The van der Waals surface area contributed by atoms with E-state index in [1.54, 1.807) is 0 Å². The van der Waals surface area contributed by atoms with E-state index in [4.69, 9.17) is 0 Å². The molecule has 0 atom stereocenters. The molecule has 3 nitrogen and oxygen atoms in total. The zero-order chi connectivity index (χ0) is 14.8. The monoisotopic (exact) mass is 285 g/mol. The Labute approximate surface area is 128 Å². The molecule has 0 aliphatic carbocycles. The molecule has 1 aromatic carbocycles. The summed E-state index contributed by atoms with van der Waals surface area (Å²) in [5, 5.41) is 8.07. The molecule has 0 saturated heterocycles. The molecule has 0 spiro atoms. The largest absolute Gasteiger partial charge is 0.311 e. The average molecular weight is 285 g/mol. The van der Waals surface area contributed by atoms with Gasteiger partial charge in [0.15, 0.2) is 0 Å². The number of aromatic nitrogens is 2. The van der Waals surface area contributed by atoms with Gasteiger partial charge in [-0.1, -0.05) is 57.2 Å².